The maximum atomic E-state index is 12.8. The number of nitrogens with one attached hydrogen (secondary N) is 2. The summed E-state index contributed by atoms with van der Waals surface area (Å²) >= 11 is 0. The fourth-order valence-electron chi connectivity index (χ4n) is 4.03. The number of hydrogen-bond donors (Lipinski definition) is 2. The van der Waals surface area contributed by atoms with Gasteiger partial charge in [-0.3, -0.25) is 19.6 Å². The minimum atomic E-state index is -0.870. The number of ether oxygens (including phenoxy) is 1. The van der Waals surface area contributed by atoms with Crippen LogP contribution in [-0.4, -0.2) is 51.7 Å². The highest BCUT2D eigenvalue weighted by molar-refractivity contribution is 6.01. The van der Waals surface area contributed by atoms with E-state index in [1.165, 1.54) is 16.0 Å². The van der Waals surface area contributed by atoms with Gasteiger partial charge in [-0.25, -0.2) is 9.97 Å². The summed E-state index contributed by atoms with van der Waals surface area (Å²) in [6.45, 7) is 0.000880. The number of rotatable bonds is 3. The van der Waals surface area contributed by atoms with Gasteiger partial charge in [-0.2, -0.15) is 0 Å². The Morgan fingerprint density at radius 1 is 1.27 bits per heavy atom. The maximum Gasteiger partial charge on any atom is 0.291 e. The summed E-state index contributed by atoms with van der Waals surface area (Å²) < 4.78 is 5.68. The van der Waals surface area contributed by atoms with Gasteiger partial charge in [-0.15, -0.1) is 5.10 Å². The van der Waals surface area contributed by atoms with E-state index >= 15 is 0 Å². The van der Waals surface area contributed by atoms with Gasteiger partial charge in [0.1, 0.15) is 18.5 Å². The van der Waals surface area contributed by atoms with Crippen LogP contribution >= 0.6 is 0 Å². The first-order valence-corrected chi connectivity index (χ1v) is 9.78. The number of aromatic amines is 1. The molecule has 2 aromatic heterocycles. The number of nitrogens with zero attached hydrogens (tertiary/aromatic N) is 4. The SMILES string of the molecule is CN1C(=O)C(NC(=O)c2n[nH]c([C@@H]3CCc4ccccc43)n2)COc2cccnc21. The third-order valence-electron chi connectivity index (χ3n) is 5.58. The molecule has 0 saturated carbocycles. The van der Waals surface area contributed by atoms with Crippen LogP contribution in [0.2, 0.25) is 0 Å². The van der Waals surface area contributed by atoms with Crippen molar-refractivity contribution >= 4 is 17.6 Å². The molecule has 2 atom stereocenters. The Hall–Kier alpha value is -3.75. The monoisotopic (exact) mass is 404 g/mol. The number of aryl methyl sites for hydroxylation is 1. The summed E-state index contributed by atoms with van der Waals surface area (Å²) in [5.74, 6) is 0.806. The molecule has 1 aromatic carbocycles. The van der Waals surface area contributed by atoms with E-state index in [9.17, 15) is 9.59 Å². The van der Waals surface area contributed by atoms with E-state index in [1.54, 1.807) is 25.4 Å². The van der Waals surface area contributed by atoms with Gasteiger partial charge < -0.3 is 10.1 Å². The van der Waals surface area contributed by atoms with Crippen molar-refractivity contribution in [1.82, 2.24) is 25.5 Å². The number of carbonyl (C=O) groups is 2. The summed E-state index contributed by atoms with van der Waals surface area (Å²) in [4.78, 5) is 35.5. The van der Waals surface area contributed by atoms with Crippen LogP contribution in [0.1, 0.15) is 39.9 Å². The Morgan fingerprint density at radius 2 is 2.13 bits per heavy atom. The van der Waals surface area contributed by atoms with Crippen LogP contribution < -0.4 is 15.0 Å². The third kappa shape index (κ3) is 3.08. The highest BCUT2D eigenvalue weighted by Crippen LogP contribution is 2.36. The number of fused-ring (bicyclic) bond motifs is 2. The molecule has 2 N–H and O–H groups in total. The van der Waals surface area contributed by atoms with Crippen LogP contribution in [0.4, 0.5) is 5.82 Å². The molecule has 2 amide bonds. The van der Waals surface area contributed by atoms with Gasteiger partial charge in [0.2, 0.25) is 5.82 Å². The van der Waals surface area contributed by atoms with Crippen LogP contribution in [0.3, 0.4) is 0 Å². The first-order chi connectivity index (χ1) is 14.6. The summed E-state index contributed by atoms with van der Waals surface area (Å²) in [5, 5.41) is 9.66. The molecule has 2 aliphatic rings. The maximum absolute atomic E-state index is 12.8. The summed E-state index contributed by atoms with van der Waals surface area (Å²) in [6, 6.07) is 10.8. The fourth-order valence-corrected chi connectivity index (χ4v) is 4.03. The zero-order valence-corrected chi connectivity index (χ0v) is 16.3. The lowest BCUT2D eigenvalue weighted by atomic mass is 10.0. The second kappa shape index (κ2) is 7.25. The molecular formula is C21H20N6O3. The second-order valence-electron chi connectivity index (χ2n) is 7.39. The van der Waals surface area contributed by atoms with Crippen molar-refractivity contribution in [2.24, 2.45) is 0 Å². The van der Waals surface area contributed by atoms with Crippen LogP contribution in [0.25, 0.3) is 0 Å². The number of benzene rings is 1. The van der Waals surface area contributed by atoms with Crippen molar-refractivity contribution in [2.75, 3.05) is 18.6 Å². The Labute approximate surface area is 172 Å². The largest absolute Gasteiger partial charge is 0.487 e. The Kier molecular flexibility index (Phi) is 4.42. The quantitative estimate of drug-likeness (QED) is 0.683. The highest BCUT2D eigenvalue weighted by atomic mass is 16.5. The van der Waals surface area contributed by atoms with Gasteiger partial charge in [-0.05, 0) is 36.1 Å². The molecule has 5 rings (SSSR count). The molecule has 9 heteroatoms. The Morgan fingerprint density at radius 3 is 3.03 bits per heavy atom. The molecule has 1 aliphatic carbocycles. The number of hydrogen-bond acceptors (Lipinski definition) is 6. The smallest absolute Gasteiger partial charge is 0.291 e. The van der Waals surface area contributed by atoms with Crippen molar-refractivity contribution in [3.8, 4) is 5.75 Å². The minimum Gasteiger partial charge on any atom is -0.487 e. The topological polar surface area (TPSA) is 113 Å². The number of amides is 2. The van der Waals surface area contributed by atoms with Crippen molar-refractivity contribution in [2.45, 2.75) is 24.8 Å². The van der Waals surface area contributed by atoms with Crippen molar-refractivity contribution in [3.05, 3.63) is 65.4 Å². The lowest BCUT2D eigenvalue weighted by Gasteiger charge is -2.18. The zero-order valence-electron chi connectivity index (χ0n) is 16.3. The summed E-state index contributed by atoms with van der Waals surface area (Å²) in [5.41, 5.74) is 2.50. The first-order valence-electron chi connectivity index (χ1n) is 9.78. The van der Waals surface area contributed by atoms with E-state index in [0.717, 1.165) is 12.8 Å². The lowest BCUT2D eigenvalue weighted by molar-refractivity contribution is -0.120. The molecule has 1 aliphatic heterocycles. The molecule has 0 saturated heterocycles. The van der Waals surface area contributed by atoms with Crippen LogP contribution in [0.15, 0.2) is 42.6 Å². The molecule has 3 heterocycles. The van der Waals surface area contributed by atoms with E-state index in [1.807, 2.05) is 12.1 Å². The molecule has 3 aromatic rings. The molecule has 0 radical (unpaired) electrons. The average Bonchev–Trinajstić information content (AvgIpc) is 3.40. The van der Waals surface area contributed by atoms with Crippen molar-refractivity contribution < 1.29 is 14.3 Å². The predicted molar refractivity (Wildman–Crippen MR) is 107 cm³/mol. The van der Waals surface area contributed by atoms with E-state index < -0.39 is 11.9 Å². The number of pyridine rings is 1. The second-order valence-corrected chi connectivity index (χ2v) is 7.39. The lowest BCUT2D eigenvalue weighted by Crippen LogP contribution is -2.49. The van der Waals surface area contributed by atoms with Crippen LogP contribution in [0.5, 0.6) is 5.75 Å². The summed E-state index contributed by atoms with van der Waals surface area (Å²) in [7, 11) is 1.60. The van der Waals surface area contributed by atoms with Gasteiger partial charge in [0.25, 0.3) is 11.8 Å². The zero-order chi connectivity index (χ0) is 20.7. The van der Waals surface area contributed by atoms with Gasteiger partial charge in [-0.1, -0.05) is 24.3 Å². The molecule has 0 fully saturated rings. The number of carbonyl (C=O) groups excluding carboxylic acids is 2. The molecule has 9 nitrogen and oxygen atoms in total. The van der Waals surface area contributed by atoms with Crippen molar-refractivity contribution in [1.29, 1.82) is 0 Å². The fraction of sp³-hybridized carbons (Fsp3) is 0.286. The van der Waals surface area contributed by atoms with Gasteiger partial charge in [0, 0.05) is 19.2 Å². The van der Waals surface area contributed by atoms with Gasteiger partial charge in [0.05, 0.1) is 0 Å². The first kappa shape index (κ1) is 18.3. The highest BCUT2D eigenvalue weighted by Gasteiger charge is 2.33. The van der Waals surface area contributed by atoms with E-state index in [4.69, 9.17) is 4.74 Å². The number of aromatic nitrogens is 4. The summed E-state index contributed by atoms with van der Waals surface area (Å²) in [6.07, 6.45) is 3.47. The predicted octanol–water partition coefficient (Wildman–Crippen LogP) is 1.43. The van der Waals surface area contributed by atoms with Gasteiger partial charge in [0.15, 0.2) is 11.6 Å². The standard InChI is InChI=1S/C21H20N6O3/c1-27-19-16(7-4-10-22-19)30-11-15(21(27)29)23-20(28)18-24-17(25-26-18)14-9-8-12-5-2-3-6-13(12)14/h2-7,10,14-15H,8-9,11H2,1H3,(H,23,28)(H,24,25,26)/t14-,15?/m1/s1. The number of likely N-dealkylation sites (N-methyl/N-ethyl adjacent to an activating group) is 1. The van der Waals surface area contributed by atoms with Crippen molar-refractivity contribution in [3.63, 3.8) is 0 Å². The van der Waals surface area contributed by atoms with E-state index in [-0.39, 0.29) is 24.3 Å². The molecule has 0 spiro atoms. The minimum absolute atomic E-state index is 0.000880. The van der Waals surface area contributed by atoms with Crippen LogP contribution in [-0.2, 0) is 11.2 Å². The molecule has 0 bridgehead atoms. The molecule has 152 valence electrons. The van der Waals surface area contributed by atoms with E-state index in [2.05, 4.69) is 37.6 Å². The Bertz CT molecular complexity index is 1130. The molecule has 1 unspecified atom stereocenters. The Balaban J connectivity index is 1.32. The van der Waals surface area contributed by atoms with E-state index in [0.29, 0.717) is 17.4 Å². The molecular weight excluding hydrogens is 384 g/mol. The average molecular weight is 404 g/mol. The number of anilines is 1. The third-order valence-corrected chi connectivity index (χ3v) is 5.58. The molecule has 30 heavy (non-hydrogen) atoms. The van der Waals surface area contributed by atoms with Crippen LogP contribution in [0, 0.1) is 0 Å². The number of H-pyrrole nitrogens is 1. The normalized spacial score (nSPS) is 20.2. The van der Waals surface area contributed by atoms with Gasteiger partial charge >= 0.3 is 0 Å².